The Morgan fingerprint density at radius 2 is 2.38 bits per heavy atom. The molecule has 16 heavy (non-hydrogen) atoms. The topological polar surface area (TPSA) is 53.6 Å². The summed E-state index contributed by atoms with van der Waals surface area (Å²) in [5, 5.41) is 3.19. The normalized spacial score (nSPS) is 23.1. The predicted molar refractivity (Wildman–Crippen MR) is 69.5 cm³/mol. The van der Waals surface area contributed by atoms with Gasteiger partial charge in [0.05, 0.1) is 6.54 Å². The van der Waals surface area contributed by atoms with Crippen molar-refractivity contribution in [3.63, 3.8) is 0 Å². The van der Waals surface area contributed by atoms with E-state index in [4.69, 9.17) is 5.73 Å². The smallest absolute Gasteiger partial charge is 0.188 e. The molecule has 92 valence electrons. The van der Waals surface area contributed by atoms with Crippen LogP contribution < -0.4 is 11.1 Å². The highest BCUT2D eigenvalue weighted by atomic mass is 15.1. The minimum Gasteiger partial charge on any atom is -0.370 e. The van der Waals surface area contributed by atoms with Crippen LogP contribution in [0.4, 0.5) is 0 Å². The fourth-order valence-electron chi connectivity index (χ4n) is 1.96. The molecular weight excluding hydrogens is 200 g/mol. The van der Waals surface area contributed by atoms with Gasteiger partial charge in [-0.05, 0) is 39.3 Å². The summed E-state index contributed by atoms with van der Waals surface area (Å²) in [7, 11) is 2.17. The lowest BCUT2D eigenvalue weighted by molar-refractivity contribution is 0.210. The second-order valence-corrected chi connectivity index (χ2v) is 4.81. The molecule has 0 aromatic carbocycles. The van der Waals surface area contributed by atoms with Gasteiger partial charge in [0.15, 0.2) is 5.96 Å². The SMILES string of the molecule is C=C(C)CN=C(N)NCC1CCCN(C)C1. The van der Waals surface area contributed by atoms with Gasteiger partial charge in [0.25, 0.3) is 0 Å². The Kier molecular flexibility index (Phi) is 5.32. The van der Waals surface area contributed by atoms with E-state index >= 15 is 0 Å². The Bertz CT molecular complexity index is 260. The first-order valence-electron chi connectivity index (χ1n) is 5.94. The highest BCUT2D eigenvalue weighted by Gasteiger charge is 2.16. The number of aliphatic imine (C=N–C) groups is 1. The number of piperidine rings is 1. The summed E-state index contributed by atoms with van der Waals surface area (Å²) < 4.78 is 0. The molecule has 0 spiro atoms. The van der Waals surface area contributed by atoms with Crippen LogP contribution in [-0.2, 0) is 0 Å². The van der Waals surface area contributed by atoms with E-state index in [2.05, 4.69) is 28.8 Å². The highest BCUT2D eigenvalue weighted by Crippen LogP contribution is 2.13. The standard InChI is InChI=1S/C12H24N4/c1-10(2)7-14-12(13)15-8-11-5-4-6-16(3)9-11/h11H,1,4-9H2,2-3H3,(H3,13,14,15). The lowest BCUT2D eigenvalue weighted by Gasteiger charge is -2.29. The molecule has 1 unspecified atom stereocenters. The van der Waals surface area contributed by atoms with Gasteiger partial charge < -0.3 is 16.0 Å². The first-order chi connectivity index (χ1) is 7.58. The van der Waals surface area contributed by atoms with Crippen molar-refractivity contribution in [3.05, 3.63) is 12.2 Å². The summed E-state index contributed by atoms with van der Waals surface area (Å²) in [4.78, 5) is 6.57. The maximum absolute atomic E-state index is 5.76. The average molecular weight is 224 g/mol. The van der Waals surface area contributed by atoms with E-state index in [-0.39, 0.29) is 0 Å². The van der Waals surface area contributed by atoms with Crippen molar-refractivity contribution in [1.82, 2.24) is 10.2 Å². The van der Waals surface area contributed by atoms with Crippen molar-refractivity contribution in [2.75, 3.05) is 33.2 Å². The molecule has 1 rings (SSSR count). The van der Waals surface area contributed by atoms with Crippen LogP contribution in [0.2, 0.25) is 0 Å². The van der Waals surface area contributed by atoms with E-state index in [0.29, 0.717) is 18.4 Å². The van der Waals surface area contributed by atoms with Crippen molar-refractivity contribution in [2.45, 2.75) is 19.8 Å². The predicted octanol–water partition coefficient (Wildman–Crippen LogP) is 0.809. The minimum absolute atomic E-state index is 0.538. The van der Waals surface area contributed by atoms with E-state index in [1.807, 2.05) is 6.92 Å². The molecule has 0 saturated carbocycles. The van der Waals surface area contributed by atoms with Crippen molar-refractivity contribution >= 4 is 5.96 Å². The molecule has 1 atom stereocenters. The van der Waals surface area contributed by atoms with Crippen molar-refractivity contribution in [1.29, 1.82) is 0 Å². The van der Waals surface area contributed by atoms with E-state index in [0.717, 1.165) is 18.7 Å². The van der Waals surface area contributed by atoms with Gasteiger partial charge in [-0.1, -0.05) is 12.2 Å². The summed E-state index contributed by atoms with van der Waals surface area (Å²) >= 11 is 0. The molecule has 0 amide bonds. The number of hydrogen-bond acceptors (Lipinski definition) is 2. The van der Waals surface area contributed by atoms with Crippen LogP contribution in [-0.4, -0.2) is 44.1 Å². The number of guanidine groups is 1. The highest BCUT2D eigenvalue weighted by molar-refractivity contribution is 5.77. The first-order valence-corrected chi connectivity index (χ1v) is 5.94. The Labute approximate surface area is 98.6 Å². The molecule has 3 N–H and O–H groups in total. The third kappa shape index (κ3) is 5.16. The zero-order valence-electron chi connectivity index (χ0n) is 10.5. The largest absolute Gasteiger partial charge is 0.370 e. The zero-order chi connectivity index (χ0) is 12.0. The third-order valence-electron chi connectivity index (χ3n) is 2.81. The van der Waals surface area contributed by atoms with Crippen LogP contribution in [0, 0.1) is 5.92 Å². The molecular formula is C12H24N4. The summed E-state index contributed by atoms with van der Waals surface area (Å²) in [6, 6.07) is 0. The number of hydrogen-bond donors (Lipinski definition) is 2. The van der Waals surface area contributed by atoms with Crippen molar-refractivity contribution in [2.24, 2.45) is 16.6 Å². The van der Waals surface area contributed by atoms with Gasteiger partial charge in [0, 0.05) is 13.1 Å². The van der Waals surface area contributed by atoms with Crippen LogP contribution in [0.3, 0.4) is 0 Å². The van der Waals surface area contributed by atoms with E-state index in [9.17, 15) is 0 Å². The molecule has 1 aliphatic rings. The molecule has 1 aliphatic heterocycles. The van der Waals surface area contributed by atoms with E-state index in [1.54, 1.807) is 0 Å². The average Bonchev–Trinajstić information content (AvgIpc) is 2.23. The van der Waals surface area contributed by atoms with Crippen molar-refractivity contribution in [3.8, 4) is 0 Å². The summed E-state index contributed by atoms with van der Waals surface area (Å²) in [6.45, 7) is 9.65. The monoisotopic (exact) mass is 224 g/mol. The molecule has 0 aromatic rings. The number of likely N-dealkylation sites (tertiary alicyclic amines) is 1. The van der Waals surface area contributed by atoms with Crippen molar-refractivity contribution < 1.29 is 0 Å². The molecule has 4 nitrogen and oxygen atoms in total. The number of rotatable bonds is 4. The molecule has 0 radical (unpaired) electrons. The molecule has 1 saturated heterocycles. The first kappa shape index (κ1) is 13.0. The Hall–Kier alpha value is -1.03. The molecule has 0 aliphatic carbocycles. The van der Waals surface area contributed by atoms with Gasteiger partial charge >= 0.3 is 0 Å². The molecule has 1 fully saturated rings. The van der Waals surface area contributed by atoms with Crippen LogP contribution in [0.5, 0.6) is 0 Å². The molecule has 1 heterocycles. The van der Waals surface area contributed by atoms with Gasteiger partial charge in [-0.3, -0.25) is 0 Å². The Morgan fingerprint density at radius 3 is 3.00 bits per heavy atom. The van der Waals surface area contributed by atoms with E-state index < -0.39 is 0 Å². The quantitative estimate of drug-likeness (QED) is 0.422. The summed E-state index contributed by atoms with van der Waals surface area (Å²) in [5.74, 6) is 1.23. The Morgan fingerprint density at radius 1 is 1.62 bits per heavy atom. The van der Waals surface area contributed by atoms with Crippen LogP contribution >= 0.6 is 0 Å². The second kappa shape index (κ2) is 6.53. The van der Waals surface area contributed by atoms with E-state index in [1.165, 1.54) is 19.4 Å². The summed E-state index contributed by atoms with van der Waals surface area (Å²) in [5.41, 5.74) is 6.79. The maximum Gasteiger partial charge on any atom is 0.188 e. The fourth-order valence-corrected chi connectivity index (χ4v) is 1.96. The number of nitrogens with zero attached hydrogens (tertiary/aromatic N) is 2. The molecule has 0 aromatic heterocycles. The van der Waals surface area contributed by atoms with Crippen LogP contribution in [0.25, 0.3) is 0 Å². The fraction of sp³-hybridized carbons (Fsp3) is 0.750. The second-order valence-electron chi connectivity index (χ2n) is 4.81. The lowest BCUT2D eigenvalue weighted by atomic mass is 9.99. The van der Waals surface area contributed by atoms with Crippen LogP contribution in [0.15, 0.2) is 17.1 Å². The number of nitrogens with one attached hydrogen (secondary N) is 1. The van der Waals surface area contributed by atoms with Gasteiger partial charge in [-0.15, -0.1) is 0 Å². The van der Waals surface area contributed by atoms with Gasteiger partial charge in [0.1, 0.15) is 0 Å². The molecule has 4 heteroatoms. The minimum atomic E-state index is 0.538. The third-order valence-corrected chi connectivity index (χ3v) is 2.81. The zero-order valence-corrected chi connectivity index (χ0v) is 10.5. The Balaban J connectivity index is 2.22. The lowest BCUT2D eigenvalue weighted by Crippen LogP contribution is -2.41. The van der Waals surface area contributed by atoms with Gasteiger partial charge in [-0.2, -0.15) is 0 Å². The van der Waals surface area contributed by atoms with Crippen LogP contribution in [0.1, 0.15) is 19.8 Å². The maximum atomic E-state index is 5.76. The van der Waals surface area contributed by atoms with Gasteiger partial charge in [0.2, 0.25) is 0 Å². The summed E-state index contributed by atoms with van der Waals surface area (Å²) in [6.07, 6.45) is 2.57. The number of nitrogens with two attached hydrogens (primary N) is 1. The molecule has 0 bridgehead atoms. The van der Waals surface area contributed by atoms with Gasteiger partial charge in [-0.25, -0.2) is 4.99 Å².